The summed E-state index contributed by atoms with van der Waals surface area (Å²) in [7, 11) is 0. The Labute approximate surface area is 89.4 Å². The number of nitrogens with one attached hydrogen (secondary N) is 1. The molecule has 0 radical (unpaired) electrons. The van der Waals surface area contributed by atoms with Crippen LogP contribution in [0.3, 0.4) is 0 Å². The minimum absolute atomic E-state index is 0.00522. The van der Waals surface area contributed by atoms with E-state index in [2.05, 4.69) is 11.9 Å². The van der Waals surface area contributed by atoms with Crippen molar-refractivity contribution in [3.05, 3.63) is 42.0 Å². The highest BCUT2D eigenvalue weighted by Gasteiger charge is 2.11. The summed E-state index contributed by atoms with van der Waals surface area (Å²) < 4.78 is 0. The highest BCUT2D eigenvalue weighted by molar-refractivity contribution is 5.97. The molecule has 0 saturated carbocycles. The van der Waals surface area contributed by atoms with Crippen LogP contribution in [0, 0.1) is 6.92 Å². The standard InChI is InChI=1S/C12H15NO2/c1-4-9(3)13-12(15)10-7-8(2)5-6-11(10)14/h4-7,9,14H,1H2,2-3H3,(H,13,15). The molecule has 3 nitrogen and oxygen atoms in total. The van der Waals surface area contributed by atoms with Crippen molar-refractivity contribution >= 4 is 5.91 Å². The molecule has 0 bridgehead atoms. The Kier molecular flexibility index (Phi) is 3.50. The van der Waals surface area contributed by atoms with Crippen LogP contribution in [-0.2, 0) is 0 Å². The average molecular weight is 205 g/mol. The van der Waals surface area contributed by atoms with Crippen molar-refractivity contribution in [3.8, 4) is 5.75 Å². The van der Waals surface area contributed by atoms with Gasteiger partial charge in [0.2, 0.25) is 0 Å². The Balaban J connectivity index is 2.90. The first-order chi connectivity index (χ1) is 7.04. The van der Waals surface area contributed by atoms with Gasteiger partial charge in [-0.2, -0.15) is 0 Å². The fraction of sp³-hybridized carbons (Fsp3) is 0.250. The lowest BCUT2D eigenvalue weighted by atomic mass is 10.1. The van der Waals surface area contributed by atoms with Crippen LogP contribution in [0.5, 0.6) is 5.75 Å². The van der Waals surface area contributed by atoms with Crippen LogP contribution in [0.1, 0.15) is 22.8 Å². The number of aryl methyl sites for hydroxylation is 1. The first-order valence-electron chi connectivity index (χ1n) is 4.77. The molecule has 80 valence electrons. The Bertz CT molecular complexity index is 385. The van der Waals surface area contributed by atoms with Gasteiger partial charge in [0.1, 0.15) is 5.75 Å². The first kappa shape index (κ1) is 11.3. The number of carbonyl (C=O) groups excluding carboxylic acids is 1. The van der Waals surface area contributed by atoms with E-state index in [1.54, 1.807) is 18.2 Å². The third kappa shape index (κ3) is 2.84. The zero-order valence-electron chi connectivity index (χ0n) is 8.95. The molecule has 0 fully saturated rings. The summed E-state index contributed by atoms with van der Waals surface area (Å²) in [6, 6.07) is 4.81. The van der Waals surface area contributed by atoms with Gasteiger partial charge in [0.25, 0.3) is 5.91 Å². The molecule has 0 saturated heterocycles. The van der Waals surface area contributed by atoms with Gasteiger partial charge in [0.05, 0.1) is 5.56 Å². The predicted octanol–water partition coefficient (Wildman–Crippen LogP) is 2.00. The molecule has 15 heavy (non-hydrogen) atoms. The third-order valence-electron chi connectivity index (χ3n) is 2.11. The zero-order chi connectivity index (χ0) is 11.4. The van der Waals surface area contributed by atoms with E-state index in [1.807, 2.05) is 13.8 Å². The quantitative estimate of drug-likeness (QED) is 0.741. The second-order valence-electron chi connectivity index (χ2n) is 3.52. The second kappa shape index (κ2) is 4.64. The molecule has 0 aliphatic rings. The van der Waals surface area contributed by atoms with Gasteiger partial charge in [0.15, 0.2) is 0 Å². The van der Waals surface area contributed by atoms with Gasteiger partial charge >= 0.3 is 0 Å². The summed E-state index contributed by atoms with van der Waals surface area (Å²) in [4.78, 5) is 11.7. The lowest BCUT2D eigenvalue weighted by molar-refractivity contribution is 0.0944. The number of hydrogen-bond acceptors (Lipinski definition) is 2. The summed E-state index contributed by atoms with van der Waals surface area (Å²) in [5.74, 6) is -0.294. The van der Waals surface area contributed by atoms with E-state index in [0.717, 1.165) is 5.56 Å². The number of hydrogen-bond donors (Lipinski definition) is 2. The Hall–Kier alpha value is -1.77. The monoisotopic (exact) mass is 205 g/mol. The highest BCUT2D eigenvalue weighted by atomic mass is 16.3. The van der Waals surface area contributed by atoms with Gasteiger partial charge in [-0.05, 0) is 26.0 Å². The molecule has 0 aromatic heterocycles. The van der Waals surface area contributed by atoms with Crippen molar-refractivity contribution in [2.45, 2.75) is 19.9 Å². The maximum Gasteiger partial charge on any atom is 0.255 e. The van der Waals surface area contributed by atoms with Crippen LogP contribution < -0.4 is 5.32 Å². The largest absolute Gasteiger partial charge is 0.507 e. The number of phenolic OH excluding ortho intramolecular Hbond substituents is 1. The van der Waals surface area contributed by atoms with Crippen molar-refractivity contribution in [1.82, 2.24) is 5.32 Å². The molecule has 1 unspecified atom stereocenters. The Morgan fingerprint density at radius 2 is 2.27 bits per heavy atom. The summed E-state index contributed by atoms with van der Waals surface area (Å²) in [5.41, 5.74) is 1.23. The zero-order valence-corrected chi connectivity index (χ0v) is 8.95. The van der Waals surface area contributed by atoms with Crippen molar-refractivity contribution in [2.75, 3.05) is 0 Å². The Morgan fingerprint density at radius 1 is 1.60 bits per heavy atom. The minimum atomic E-state index is -0.288. The number of aromatic hydroxyl groups is 1. The minimum Gasteiger partial charge on any atom is -0.507 e. The fourth-order valence-corrected chi connectivity index (χ4v) is 1.18. The van der Waals surface area contributed by atoms with Gasteiger partial charge in [-0.3, -0.25) is 4.79 Å². The van der Waals surface area contributed by atoms with Crippen LogP contribution in [0.25, 0.3) is 0 Å². The second-order valence-corrected chi connectivity index (χ2v) is 3.52. The van der Waals surface area contributed by atoms with Crippen LogP contribution in [-0.4, -0.2) is 17.1 Å². The summed E-state index contributed by atoms with van der Waals surface area (Å²) >= 11 is 0. The number of carbonyl (C=O) groups is 1. The van der Waals surface area contributed by atoms with Gasteiger partial charge in [-0.25, -0.2) is 0 Å². The molecule has 0 aliphatic carbocycles. The lowest BCUT2D eigenvalue weighted by Crippen LogP contribution is -2.30. The van der Waals surface area contributed by atoms with Crippen LogP contribution >= 0.6 is 0 Å². The molecule has 0 heterocycles. The van der Waals surface area contributed by atoms with Crippen LogP contribution in [0.4, 0.5) is 0 Å². The molecule has 1 atom stereocenters. The molecule has 1 aromatic rings. The van der Waals surface area contributed by atoms with E-state index in [0.29, 0.717) is 5.56 Å². The van der Waals surface area contributed by atoms with Gasteiger partial charge in [0, 0.05) is 6.04 Å². The van der Waals surface area contributed by atoms with Gasteiger partial charge in [-0.1, -0.05) is 17.7 Å². The summed E-state index contributed by atoms with van der Waals surface area (Å²) in [5, 5.41) is 12.2. The van der Waals surface area contributed by atoms with Crippen molar-refractivity contribution in [3.63, 3.8) is 0 Å². The highest BCUT2D eigenvalue weighted by Crippen LogP contribution is 2.17. The topological polar surface area (TPSA) is 49.3 Å². The van der Waals surface area contributed by atoms with Crippen LogP contribution in [0.2, 0.25) is 0 Å². The maximum absolute atomic E-state index is 11.7. The summed E-state index contributed by atoms with van der Waals surface area (Å²) in [6.07, 6.45) is 1.63. The SMILES string of the molecule is C=CC(C)NC(=O)c1cc(C)ccc1O. The maximum atomic E-state index is 11.7. The van der Waals surface area contributed by atoms with Crippen molar-refractivity contribution in [2.24, 2.45) is 0 Å². The molecule has 1 rings (SSSR count). The number of phenols is 1. The molecular formula is C12H15NO2. The van der Waals surface area contributed by atoms with Gasteiger partial charge in [-0.15, -0.1) is 6.58 Å². The smallest absolute Gasteiger partial charge is 0.255 e. The molecule has 1 aromatic carbocycles. The predicted molar refractivity (Wildman–Crippen MR) is 60.0 cm³/mol. The van der Waals surface area contributed by atoms with Crippen LogP contribution in [0.15, 0.2) is 30.9 Å². The number of amides is 1. The first-order valence-corrected chi connectivity index (χ1v) is 4.77. The molecule has 2 N–H and O–H groups in total. The molecule has 3 heteroatoms. The fourth-order valence-electron chi connectivity index (χ4n) is 1.18. The normalized spacial score (nSPS) is 11.9. The van der Waals surface area contributed by atoms with E-state index in [9.17, 15) is 9.90 Å². The lowest BCUT2D eigenvalue weighted by Gasteiger charge is -2.10. The van der Waals surface area contributed by atoms with E-state index in [4.69, 9.17) is 0 Å². The summed E-state index contributed by atoms with van der Waals surface area (Å²) in [6.45, 7) is 7.26. The van der Waals surface area contributed by atoms with E-state index >= 15 is 0 Å². The molecule has 0 aliphatic heterocycles. The molecule has 0 spiro atoms. The average Bonchev–Trinajstić information content (AvgIpc) is 2.21. The van der Waals surface area contributed by atoms with E-state index in [1.165, 1.54) is 6.07 Å². The van der Waals surface area contributed by atoms with Crippen molar-refractivity contribution < 1.29 is 9.90 Å². The Morgan fingerprint density at radius 3 is 2.87 bits per heavy atom. The van der Waals surface area contributed by atoms with E-state index < -0.39 is 0 Å². The molecular weight excluding hydrogens is 190 g/mol. The number of benzene rings is 1. The number of rotatable bonds is 3. The van der Waals surface area contributed by atoms with Gasteiger partial charge < -0.3 is 10.4 Å². The van der Waals surface area contributed by atoms with Crippen molar-refractivity contribution in [1.29, 1.82) is 0 Å². The van der Waals surface area contributed by atoms with E-state index in [-0.39, 0.29) is 17.7 Å². The third-order valence-corrected chi connectivity index (χ3v) is 2.11. The molecule has 1 amide bonds.